The molecule has 9 nitrogen and oxygen atoms in total. The molecule has 4 aliphatic carbocycles. The lowest BCUT2D eigenvalue weighted by molar-refractivity contribution is -0.152. The number of rotatable bonds is 8. The minimum absolute atomic E-state index is 0.00406. The van der Waals surface area contributed by atoms with E-state index in [1.165, 1.54) is 12.8 Å². The number of likely N-dealkylation sites (tertiary alicyclic amines) is 1. The summed E-state index contributed by atoms with van der Waals surface area (Å²) in [7, 11) is 0. The number of aromatic amines is 1. The van der Waals surface area contributed by atoms with Crippen LogP contribution in [0.4, 0.5) is 0 Å². The normalized spacial score (nSPS) is 35.3. The molecule has 5 aliphatic rings. The third kappa shape index (κ3) is 4.33. The first-order valence-corrected chi connectivity index (χ1v) is 14.8. The maximum atomic E-state index is 13.2. The van der Waals surface area contributed by atoms with Crippen molar-refractivity contribution in [3.05, 3.63) is 57.2 Å². The fourth-order valence-corrected chi connectivity index (χ4v) is 8.43. The molecule has 6 N–H and O–H groups in total. The predicted octanol–water partition coefficient (Wildman–Crippen LogP) is 2.20. The fourth-order valence-electron chi connectivity index (χ4n) is 8.43. The predicted molar refractivity (Wildman–Crippen MR) is 150 cm³/mol. The van der Waals surface area contributed by atoms with Gasteiger partial charge in [-0.3, -0.25) is 19.3 Å². The Morgan fingerprint density at radius 2 is 2.02 bits per heavy atom. The number of hydrogen-bond acceptors (Lipinski definition) is 6. The van der Waals surface area contributed by atoms with Crippen molar-refractivity contribution in [2.75, 3.05) is 13.1 Å². The van der Waals surface area contributed by atoms with Crippen molar-refractivity contribution in [3.8, 4) is 0 Å². The van der Waals surface area contributed by atoms with Crippen LogP contribution in [0.5, 0.6) is 0 Å². The summed E-state index contributed by atoms with van der Waals surface area (Å²) < 4.78 is 0. The molecule has 6 rings (SSSR count). The first kappa shape index (κ1) is 27.3. The Morgan fingerprint density at radius 3 is 2.70 bits per heavy atom. The molecule has 3 unspecified atom stereocenters. The van der Waals surface area contributed by atoms with Gasteiger partial charge in [0.25, 0.3) is 11.5 Å². The number of carbonyl (C=O) groups is 2. The van der Waals surface area contributed by atoms with Crippen LogP contribution in [-0.2, 0) is 17.6 Å². The van der Waals surface area contributed by atoms with Gasteiger partial charge in [0, 0.05) is 36.7 Å². The molecule has 2 heterocycles. The zero-order valence-electron chi connectivity index (χ0n) is 23.7. The lowest BCUT2D eigenvalue weighted by Crippen LogP contribution is -2.68. The Bertz CT molecular complexity index is 1350. The highest BCUT2D eigenvalue weighted by atomic mass is 16.3. The molecule has 1 aromatic rings. The number of H-pyrrole nitrogens is 1. The molecule has 1 saturated heterocycles. The van der Waals surface area contributed by atoms with Crippen LogP contribution < -0.4 is 16.6 Å². The molecule has 2 saturated carbocycles. The first-order valence-electron chi connectivity index (χ1n) is 14.8. The van der Waals surface area contributed by atoms with Crippen LogP contribution in [0.3, 0.4) is 0 Å². The van der Waals surface area contributed by atoms with Gasteiger partial charge < -0.3 is 26.2 Å². The Balaban J connectivity index is 1.37. The smallest absolute Gasteiger partial charge is 0.261 e. The molecule has 1 aromatic heterocycles. The maximum Gasteiger partial charge on any atom is 0.261 e. The minimum atomic E-state index is -1.09. The second-order valence-electron chi connectivity index (χ2n) is 13.6. The second-order valence-corrected chi connectivity index (χ2v) is 13.6. The van der Waals surface area contributed by atoms with Gasteiger partial charge in [-0.25, -0.2) is 0 Å². The Labute approximate surface area is 234 Å². The van der Waals surface area contributed by atoms with Crippen LogP contribution in [0, 0.1) is 35.0 Å². The number of aliphatic hydroxyl groups excluding tert-OH is 1. The molecular weight excluding hydrogens is 508 g/mol. The SMILES string of the molecule is CC(C)C[C@H](NC(=O)c1cc2c([nH]c1=O)C[C@@]1(C3C=C(O)C=CC3C)CC3CN(CC4CC4)[C@H]3[C@]1(O)C2)C(N)=O. The summed E-state index contributed by atoms with van der Waals surface area (Å²) in [5, 5.41) is 26.0. The number of nitrogens with one attached hydrogen (secondary N) is 2. The van der Waals surface area contributed by atoms with Crippen LogP contribution in [-0.4, -0.2) is 62.7 Å². The van der Waals surface area contributed by atoms with E-state index in [4.69, 9.17) is 5.73 Å². The summed E-state index contributed by atoms with van der Waals surface area (Å²) in [6.07, 6.45) is 10.1. The lowest BCUT2D eigenvalue weighted by atomic mass is 9.54. The van der Waals surface area contributed by atoms with Crippen LogP contribution >= 0.6 is 0 Å². The molecule has 0 aromatic carbocycles. The molecule has 216 valence electrons. The average Bonchev–Trinajstić information content (AvgIpc) is 3.65. The zero-order valence-corrected chi connectivity index (χ0v) is 23.7. The van der Waals surface area contributed by atoms with E-state index in [1.54, 1.807) is 12.1 Å². The molecule has 0 spiro atoms. The number of hydrogen-bond donors (Lipinski definition) is 5. The van der Waals surface area contributed by atoms with Crippen molar-refractivity contribution in [1.29, 1.82) is 0 Å². The van der Waals surface area contributed by atoms with Crippen molar-refractivity contribution in [1.82, 2.24) is 15.2 Å². The Morgan fingerprint density at radius 1 is 1.27 bits per heavy atom. The molecular formula is C31H42N4O5. The number of carbonyl (C=O) groups excluding carboxylic acids is 2. The van der Waals surface area contributed by atoms with Crippen LogP contribution in [0.25, 0.3) is 0 Å². The maximum absolute atomic E-state index is 13.2. The van der Waals surface area contributed by atoms with Gasteiger partial charge in [-0.05, 0) is 85.5 Å². The number of fused-ring (bicyclic) bond motifs is 4. The highest BCUT2D eigenvalue weighted by Gasteiger charge is 2.72. The Kier molecular flexibility index (Phi) is 6.53. The molecule has 0 bridgehead atoms. The molecule has 2 amide bonds. The van der Waals surface area contributed by atoms with Gasteiger partial charge in [0.1, 0.15) is 17.4 Å². The fraction of sp³-hybridized carbons (Fsp3) is 0.645. The minimum Gasteiger partial charge on any atom is -0.508 e. The van der Waals surface area contributed by atoms with Gasteiger partial charge in [0.15, 0.2) is 0 Å². The van der Waals surface area contributed by atoms with Crippen LogP contribution in [0.2, 0.25) is 0 Å². The quantitative estimate of drug-likeness (QED) is 0.335. The number of allylic oxidation sites excluding steroid dienone is 3. The highest BCUT2D eigenvalue weighted by Crippen LogP contribution is 2.65. The van der Waals surface area contributed by atoms with Crippen LogP contribution in [0.15, 0.2) is 34.8 Å². The van der Waals surface area contributed by atoms with Gasteiger partial charge in [-0.1, -0.05) is 26.8 Å². The van der Waals surface area contributed by atoms with Crippen molar-refractivity contribution in [2.24, 2.45) is 40.7 Å². The van der Waals surface area contributed by atoms with Crippen molar-refractivity contribution in [2.45, 2.75) is 77.0 Å². The molecule has 3 fully saturated rings. The van der Waals surface area contributed by atoms with E-state index >= 15 is 0 Å². The topological polar surface area (TPSA) is 149 Å². The van der Waals surface area contributed by atoms with Gasteiger partial charge in [0.05, 0.1) is 5.60 Å². The van der Waals surface area contributed by atoms with E-state index in [1.807, 2.05) is 26.0 Å². The standard InChI is InChI=1S/C31H42N4O5/c1-16(2)8-24(27(32)37)33-28(38)22-9-19-12-31(40)26-20(15-35(26)14-18-5-6-18)11-30(31,13-25(19)34-29(22)39)23-10-21(36)7-4-17(23)3/h4,7,9-10,16-18,20,23-24,26,36,40H,5-6,8,11-15H2,1-3H3,(H2,32,37)(H,33,38)(H,34,39)/t17?,20?,23?,24-,26+,30+,31+/m0/s1. The molecule has 7 atom stereocenters. The van der Waals surface area contributed by atoms with Crippen LogP contribution in [0.1, 0.15) is 68.1 Å². The summed E-state index contributed by atoms with van der Waals surface area (Å²) >= 11 is 0. The van der Waals surface area contributed by atoms with E-state index in [-0.39, 0.29) is 35.1 Å². The van der Waals surface area contributed by atoms with E-state index in [0.717, 1.165) is 30.8 Å². The number of aliphatic hydroxyl groups is 2. The average molecular weight is 551 g/mol. The number of nitrogens with two attached hydrogens (primary N) is 1. The van der Waals surface area contributed by atoms with E-state index in [9.17, 15) is 24.6 Å². The zero-order chi connectivity index (χ0) is 28.6. The number of nitrogens with zero attached hydrogens (tertiary/aromatic N) is 1. The summed E-state index contributed by atoms with van der Waals surface area (Å²) in [4.78, 5) is 43.8. The molecule has 9 heteroatoms. The first-order chi connectivity index (χ1) is 18.9. The summed E-state index contributed by atoms with van der Waals surface area (Å²) in [5.74, 6) is 0.124. The summed E-state index contributed by atoms with van der Waals surface area (Å²) in [6.45, 7) is 7.94. The number of aromatic nitrogens is 1. The highest BCUT2D eigenvalue weighted by molar-refractivity contribution is 5.97. The summed E-state index contributed by atoms with van der Waals surface area (Å²) in [5.41, 5.74) is 4.78. The molecule has 0 radical (unpaired) electrons. The number of amides is 2. The lowest BCUT2D eigenvalue weighted by Gasteiger charge is -2.57. The van der Waals surface area contributed by atoms with Crippen molar-refractivity contribution < 1.29 is 19.8 Å². The van der Waals surface area contributed by atoms with Crippen molar-refractivity contribution >= 4 is 11.8 Å². The number of primary amides is 1. The monoisotopic (exact) mass is 550 g/mol. The van der Waals surface area contributed by atoms with Gasteiger partial charge in [-0.2, -0.15) is 0 Å². The Hall–Kier alpha value is -2.91. The van der Waals surface area contributed by atoms with Gasteiger partial charge >= 0.3 is 0 Å². The largest absolute Gasteiger partial charge is 0.508 e. The van der Waals surface area contributed by atoms with Crippen molar-refractivity contribution in [3.63, 3.8) is 0 Å². The number of pyridine rings is 1. The third-order valence-corrected chi connectivity index (χ3v) is 10.4. The third-order valence-electron chi connectivity index (χ3n) is 10.4. The molecule has 1 aliphatic heterocycles. The van der Waals surface area contributed by atoms with E-state index in [0.29, 0.717) is 31.1 Å². The van der Waals surface area contributed by atoms with Gasteiger partial charge in [0.2, 0.25) is 5.91 Å². The molecule has 40 heavy (non-hydrogen) atoms. The summed E-state index contributed by atoms with van der Waals surface area (Å²) in [6, 6.07) is 0.735. The van der Waals surface area contributed by atoms with E-state index < -0.39 is 34.4 Å². The van der Waals surface area contributed by atoms with Gasteiger partial charge in [-0.15, -0.1) is 0 Å². The van der Waals surface area contributed by atoms with E-state index in [2.05, 4.69) is 22.1 Å². The second kappa shape index (κ2) is 9.58.